The van der Waals surface area contributed by atoms with Gasteiger partial charge in [-0.25, -0.2) is 4.98 Å². The zero-order valence-electron chi connectivity index (χ0n) is 15.9. The lowest BCUT2D eigenvalue weighted by Crippen LogP contribution is -2.22. The van der Waals surface area contributed by atoms with Crippen LogP contribution < -0.4 is 5.32 Å². The monoisotopic (exact) mass is 424 g/mol. The number of fused-ring (bicyclic) bond motifs is 1. The van der Waals surface area contributed by atoms with Crippen LogP contribution in [0.2, 0.25) is 10.0 Å². The van der Waals surface area contributed by atoms with Gasteiger partial charge in [-0.2, -0.15) is 0 Å². The van der Waals surface area contributed by atoms with Gasteiger partial charge < -0.3 is 9.73 Å². The molecule has 0 saturated carbocycles. The van der Waals surface area contributed by atoms with Crippen LogP contribution in [0.3, 0.4) is 0 Å². The Labute approximate surface area is 178 Å². The number of oxazole rings is 1. The van der Waals surface area contributed by atoms with Crippen LogP contribution in [0.25, 0.3) is 22.6 Å². The van der Waals surface area contributed by atoms with E-state index in [9.17, 15) is 4.79 Å². The van der Waals surface area contributed by atoms with Gasteiger partial charge in [-0.1, -0.05) is 35.3 Å². The summed E-state index contributed by atoms with van der Waals surface area (Å²) in [5.74, 6) is 0.369. The van der Waals surface area contributed by atoms with Crippen molar-refractivity contribution in [3.8, 4) is 11.5 Å². The van der Waals surface area contributed by atoms with E-state index in [0.29, 0.717) is 28.0 Å². The molecule has 4 aromatic rings. The van der Waals surface area contributed by atoms with Crippen LogP contribution in [0.5, 0.6) is 0 Å². The van der Waals surface area contributed by atoms with Gasteiger partial charge in [0.15, 0.2) is 5.58 Å². The molecule has 1 N–H and O–H groups in total. The van der Waals surface area contributed by atoms with Crippen molar-refractivity contribution in [2.24, 2.45) is 0 Å². The molecule has 146 valence electrons. The predicted octanol–water partition coefficient (Wildman–Crippen LogP) is 6.35. The molecule has 1 amide bonds. The van der Waals surface area contributed by atoms with E-state index in [1.165, 1.54) is 11.1 Å². The summed E-state index contributed by atoms with van der Waals surface area (Å²) in [7, 11) is 0. The molecule has 0 spiro atoms. The summed E-state index contributed by atoms with van der Waals surface area (Å²) >= 11 is 11.9. The van der Waals surface area contributed by atoms with Crippen LogP contribution in [0.1, 0.15) is 27.0 Å². The minimum atomic E-state index is -0.211. The largest absolute Gasteiger partial charge is 0.436 e. The highest BCUT2D eigenvalue weighted by molar-refractivity contribution is 6.42. The molecule has 4 nitrogen and oxygen atoms in total. The van der Waals surface area contributed by atoms with Gasteiger partial charge in [0.25, 0.3) is 5.91 Å². The molecule has 0 fully saturated rings. The standard InChI is InChI=1S/C23H18Cl2N2O2/c1-13-9-20-21(10-14(13)2)29-23(27-20)16-5-3-15(4-6-16)12-26-22(28)17-7-8-18(24)19(25)11-17/h3-11H,12H2,1-2H3,(H,26,28). The summed E-state index contributed by atoms with van der Waals surface area (Å²) < 4.78 is 5.90. The van der Waals surface area contributed by atoms with Crippen LogP contribution in [-0.2, 0) is 6.54 Å². The molecule has 3 aromatic carbocycles. The van der Waals surface area contributed by atoms with E-state index in [1.54, 1.807) is 18.2 Å². The first-order chi connectivity index (χ1) is 13.9. The first-order valence-corrected chi connectivity index (χ1v) is 9.86. The minimum absolute atomic E-state index is 0.211. The zero-order chi connectivity index (χ0) is 20.5. The molecule has 0 saturated heterocycles. The van der Waals surface area contributed by atoms with Crippen LogP contribution in [-0.4, -0.2) is 10.9 Å². The number of halogens is 2. The molecule has 0 bridgehead atoms. The number of amides is 1. The topological polar surface area (TPSA) is 55.1 Å². The molecule has 4 rings (SSSR count). The van der Waals surface area contributed by atoms with Gasteiger partial charge in [-0.3, -0.25) is 4.79 Å². The number of nitrogens with one attached hydrogen (secondary N) is 1. The lowest BCUT2D eigenvalue weighted by atomic mass is 10.1. The second kappa shape index (κ2) is 7.90. The maximum absolute atomic E-state index is 12.3. The predicted molar refractivity (Wildman–Crippen MR) is 117 cm³/mol. The number of hydrogen-bond donors (Lipinski definition) is 1. The van der Waals surface area contributed by atoms with E-state index in [-0.39, 0.29) is 5.91 Å². The number of nitrogens with zero attached hydrogens (tertiary/aromatic N) is 1. The quantitative estimate of drug-likeness (QED) is 0.415. The number of hydrogen-bond acceptors (Lipinski definition) is 3. The van der Waals surface area contributed by atoms with Gasteiger partial charge in [0.1, 0.15) is 5.52 Å². The fraction of sp³-hybridized carbons (Fsp3) is 0.130. The molecular formula is C23H18Cl2N2O2. The Morgan fingerprint density at radius 1 is 0.966 bits per heavy atom. The highest BCUT2D eigenvalue weighted by Crippen LogP contribution is 2.27. The summed E-state index contributed by atoms with van der Waals surface area (Å²) in [6, 6.07) is 16.6. The van der Waals surface area contributed by atoms with Gasteiger partial charge >= 0.3 is 0 Å². The van der Waals surface area contributed by atoms with Crippen molar-refractivity contribution in [2.45, 2.75) is 20.4 Å². The van der Waals surface area contributed by atoms with E-state index in [1.807, 2.05) is 36.4 Å². The Morgan fingerprint density at radius 2 is 1.69 bits per heavy atom. The smallest absolute Gasteiger partial charge is 0.251 e. The summed E-state index contributed by atoms with van der Waals surface area (Å²) in [5, 5.41) is 3.65. The number of carbonyl (C=O) groups excluding carboxylic acids is 1. The number of carbonyl (C=O) groups is 1. The zero-order valence-corrected chi connectivity index (χ0v) is 17.4. The molecule has 0 unspecified atom stereocenters. The number of benzene rings is 3. The minimum Gasteiger partial charge on any atom is -0.436 e. The van der Waals surface area contributed by atoms with Gasteiger partial charge in [-0.05, 0) is 73.0 Å². The normalized spacial score (nSPS) is 11.0. The molecule has 1 aromatic heterocycles. The van der Waals surface area contributed by atoms with Crippen molar-refractivity contribution in [1.29, 1.82) is 0 Å². The number of aryl methyl sites for hydroxylation is 2. The van der Waals surface area contributed by atoms with Crippen molar-refractivity contribution in [2.75, 3.05) is 0 Å². The summed E-state index contributed by atoms with van der Waals surface area (Å²) in [6.45, 7) is 4.51. The average molecular weight is 425 g/mol. The molecule has 0 atom stereocenters. The van der Waals surface area contributed by atoms with Gasteiger partial charge in [-0.15, -0.1) is 0 Å². The lowest BCUT2D eigenvalue weighted by Gasteiger charge is -2.07. The Kier molecular flexibility index (Phi) is 5.31. The third-order valence-corrected chi connectivity index (χ3v) is 5.58. The molecular weight excluding hydrogens is 407 g/mol. The van der Waals surface area contributed by atoms with E-state index in [2.05, 4.69) is 24.1 Å². The maximum atomic E-state index is 12.3. The molecule has 1 heterocycles. The first-order valence-electron chi connectivity index (χ1n) is 9.11. The highest BCUT2D eigenvalue weighted by Gasteiger charge is 2.11. The highest BCUT2D eigenvalue weighted by atomic mass is 35.5. The Morgan fingerprint density at radius 3 is 2.41 bits per heavy atom. The fourth-order valence-corrected chi connectivity index (χ4v) is 3.29. The SMILES string of the molecule is Cc1cc2nc(-c3ccc(CNC(=O)c4ccc(Cl)c(Cl)c4)cc3)oc2cc1C. The third kappa shape index (κ3) is 4.14. The van der Waals surface area contributed by atoms with Gasteiger partial charge in [0, 0.05) is 17.7 Å². The molecule has 0 aliphatic heterocycles. The van der Waals surface area contributed by atoms with Crippen molar-refractivity contribution in [3.05, 3.63) is 86.9 Å². The summed E-state index contributed by atoms with van der Waals surface area (Å²) in [6.07, 6.45) is 0. The lowest BCUT2D eigenvalue weighted by molar-refractivity contribution is 0.0951. The Bertz CT molecular complexity index is 1170. The van der Waals surface area contributed by atoms with Crippen molar-refractivity contribution >= 4 is 40.2 Å². The fourth-order valence-electron chi connectivity index (χ4n) is 2.99. The van der Waals surface area contributed by atoms with Gasteiger partial charge in [0.2, 0.25) is 5.89 Å². The average Bonchev–Trinajstić information content (AvgIpc) is 3.11. The van der Waals surface area contributed by atoms with Crippen molar-refractivity contribution < 1.29 is 9.21 Å². The molecule has 29 heavy (non-hydrogen) atoms. The third-order valence-electron chi connectivity index (χ3n) is 4.84. The summed E-state index contributed by atoms with van der Waals surface area (Å²) in [5.41, 5.74) is 6.30. The van der Waals surface area contributed by atoms with Crippen molar-refractivity contribution in [1.82, 2.24) is 10.3 Å². The Balaban J connectivity index is 1.46. The maximum Gasteiger partial charge on any atom is 0.251 e. The van der Waals surface area contributed by atoms with Crippen LogP contribution >= 0.6 is 23.2 Å². The summed E-state index contributed by atoms with van der Waals surface area (Å²) in [4.78, 5) is 16.9. The van der Waals surface area contributed by atoms with Gasteiger partial charge in [0.05, 0.1) is 10.0 Å². The molecule has 0 aliphatic rings. The van der Waals surface area contributed by atoms with Crippen LogP contribution in [0.4, 0.5) is 0 Å². The Hall–Kier alpha value is -2.82. The van der Waals surface area contributed by atoms with Crippen molar-refractivity contribution in [3.63, 3.8) is 0 Å². The van der Waals surface area contributed by atoms with Crippen LogP contribution in [0, 0.1) is 13.8 Å². The number of rotatable bonds is 4. The van der Waals surface area contributed by atoms with E-state index in [4.69, 9.17) is 27.6 Å². The molecule has 0 radical (unpaired) electrons. The number of aromatic nitrogens is 1. The van der Waals surface area contributed by atoms with E-state index >= 15 is 0 Å². The second-order valence-electron chi connectivity index (χ2n) is 6.93. The molecule has 6 heteroatoms. The second-order valence-corrected chi connectivity index (χ2v) is 7.75. The van der Waals surface area contributed by atoms with Crippen LogP contribution in [0.15, 0.2) is 59.0 Å². The van der Waals surface area contributed by atoms with E-state index < -0.39 is 0 Å². The van der Waals surface area contributed by atoms with E-state index in [0.717, 1.165) is 22.2 Å². The molecule has 0 aliphatic carbocycles. The first kappa shape index (κ1) is 19.5.